The summed E-state index contributed by atoms with van der Waals surface area (Å²) in [6.45, 7) is 3.90. The minimum Gasteiger partial charge on any atom is -0.384 e. The molecule has 0 spiro atoms. The van der Waals surface area contributed by atoms with E-state index in [2.05, 4.69) is 50.3 Å². The summed E-state index contributed by atoms with van der Waals surface area (Å²) in [4.78, 5) is 8.36. The molecule has 0 bridgehead atoms. The Morgan fingerprint density at radius 3 is 2.72 bits per heavy atom. The van der Waals surface area contributed by atoms with E-state index >= 15 is 0 Å². The topological polar surface area (TPSA) is 63.8 Å². The van der Waals surface area contributed by atoms with E-state index in [-0.39, 0.29) is 6.04 Å². The van der Waals surface area contributed by atoms with Crippen LogP contribution in [0, 0.1) is 6.92 Å². The molecule has 94 valence electrons. The molecule has 0 saturated heterocycles. The molecular formula is C13H15BrN4. The molecule has 1 atom stereocenters. The van der Waals surface area contributed by atoms with E-state index in [0.29, 0.717) is 11.6 Å². The largest absolute Gasteiger partial charge is 0.384 e. The first-order valence-electron chi connectivity index (χ1n) is 5.68. The van der Waals surface area contributed by atoms with Gasteiger partial charge in [-0.25, -0.2) is 9.97 Å². The Hall–Kier alpha value is -1.62. The Balaban J connectivity index is 2.18. The van der Waals surface area contributed by atoms with E-state index in [1.54, 1.807) is 6.07 Å². The normalized spacial score (nSPS) is 12.2. The van der Waals surface area contributed by atoms with Gasteiger partial charge in [-0.1, -0.05) is 28.1 Å². The van der Waals surface area contributed by atoms with E-state index in [0.717, 1.165) is 10.3 Å². The zero-order valence-electron chi connectivity index (χ0n) is 10.3. The lowest BCUT2D eigenvalue weighted by atomic mass is 10.1. The van der Waals surface area contributed by atoms with Crippen molar-refractivity contribution in [3.63, 3.8) is 0 Å². The molecule has 2 rings (SSSR count). The molecule has 2 aromatic rings. The highest BCUT2D eigenvalue weighted by atomic mass is 79.9. The average Bonchev–Trinajstić information content (AvgIpc) is 2.27. The summed E-state index contributed by atoms with van der Waals surface area (Å²) in [5.41, 5.74) is 6.88. The standard InChI is InChI=1S/C13H15BrN4/c1-8(10-4-3-5-11(14)6-10)16-13-7-12(15)17-9(2)18-13/h3-8H,1-2H3,(H3,15,16,17,18). The number of hydrogen-bond acceptors (Lipinski definition) is 4. The van der Waals surface area contributed by atoms with Crippen molar-refractivity contribution in [1.82, 2.24) is 9.97 Å². The molecule has 0 amide bonds. The maximum Gasteiger partial charge on any atom is 0.132 e. The van der Waals surface area contributed by atoms with Gasteiger partial charge in [0.15, 0.2) is 0 Å². The van der Waals surface area contributed by atoms with Crippen molar-refractivity contribution < 1.29 is 0 Å². The second-order valence-corrected chi connectivity index (χ2v) is 5.06. The Morgan fingerprint density at radius 2 is 2.06 bits per heavy atom. The lowest BCUT2D eigenvalue weighted by Gasteiger charge is -2.15. The van der Waals surface area contributed by atoms with Crippen LogP contribution in [-0.4, -0.2) is 9.97 Å². The van der Waals surface area contributed by atoms with E-state index in [1.807, 2.05) is 19.1 Å². The van der Waals surface area contributed by atoms with Gasteiger partial charge in [0.2, 0.25) is 0 Å². The molecule has 0 fully saturated rings. The van der Waals surface area contributed by atoms with E-state index in [1.165, 1.54) is 5.56 Å². The Morgan fingerprint density at radius 1 is 1.28 bits per heavy atom. The lowest BCUT2D eigenvalue weighted by molar-refractivity contribution is 0.867. The van der Waals surface area contributed by atoms with Crippen molar-refractivity contribution >= 4 is 27.6 Å². The van der Waals surface area contributed by atoms with Gasteiger partial charge in [-0.15, -0.1) is 0 Å². The first-order chi connectivity index (χ1) is 8.54. The number of aromatic nitrogens is 2. The number of halogens is 1. The predicted molar refractivity (Wildman–Crippen MR) is 77.4 cm³/mol. The highest BCUT2D eigenvalue weighted by Gasteiger charge is 2.07. The number of rotatable bonds is 3. The summed E-state index contributed by atoms with van der Waals surface area (Å²) < 4.78 is 1.06. The van der Waals surface area contributed by atoms with E-state index in [9.17, 15) is 0 Å². The zero-order chi connectivity index (χ0) is 13.1. The SMILES string of the molecule is Cc1nc(N)cc(NC(C)c2cccc(Br)c2)n1. The fraction of sp³-hybridized carbons (Fsp3) is 0.231. The van der Waals surface area contributed by atoms with Crippen LogP contribution in [0.2, 0.25) is 0 Å². The third kappa shape index (κ3) is 3.20. The number of nitrogens with zero attached hydrogens (tertiary/aromatic N) is 2. The van der Waals surface area contributed by atoms with Crippen LogP contribution in [0.3, 0.4) is 0 Å². The van der Waals surface area contributed by atoms with E-state index in [4.69, 9.17) is 5.73 Å². The number of nitrogens with one attached hydrogen (secondary N) is 1. The Labute approximate surface area is 115 Å². The number of benzene rings is 1. The second kappa shape index (κ2) is 5.35. The van der Waals surface area contributed by atoms with Crippen LogP contribution in [-0.2, 0) is 0 Å². The number of nitrogen functional groups attached to an aromatic ring is 1. The van der Waals surface area contributed by atoms with E-state index < -0.39 is 0 Å². The maximum absolute atomic E-state index is 5.70. The monoisotopic (exact) mass is 306 g/mol. The molecule has 1 aromatic heterocycles. The Kier molecular flexibility index (Phi) is 3.81. The molecule has 0 radical (unpaired) electrons. The quantitative estimate of drug-likeness (QED) is 0.913. The summed E-state index contributed by atoms with van der Waals surface area (Å²) in [5.74, 6) is 1.89. The molecule has 1 heterocycles. The zero-order valence-corrected chi connectivity index (χ0v) is 11.9. The highest BCUT2D eigenvalue weighted by molar-refractivity contribution is 9.10. The van der Waals surface area contributed by atoms with Crippen molar-refractivity contribution in [3.8, 4) is 0 Å². The van der Waals surface area contributed by atoms with Crippen molar-refractivity contribution in [1.29, 1.82) is 0 Å². The van der Waals surface area contributed by atoms with Crippen LogP contribution in [0.25, 0.3) is 0 Å². The fourth-order valence-corrected chi connectivity index (χ4v) is 2.16. The third-order valence-corrected chi connectivity index (χ3v) is 3.06. The third-order valence-electron chi connectivity index (χ3n) is 2.57. The van der Waals surface area contributed by atoms with Gasteiger partial charge in [0.05, 0.1) is 0 Å². The van der Waals surface area contributed by atoms with Gasteiger partial charge < -0.3 is 11.1 Å². The van der Waals surface area contributed by atoms with Crippen molar-refractivity contribution in [2.24, 2.45) is 0 Å². The van der Waals surface area contributed by atoms with Crippen LogP contribution < -0.4 is 11.1 Å². The number of nitrogens with two attached hydrogens (primary N) is 1. The summed E-state index contributed by atoms with van der Waals surface area (Å²) in [6.07, 6.45) is 0. The molecule has 0 aliphatic rings. The molecule has 1 aromatic carbocycles. The smallest absolute Gasteiger partial charge is 0.132 e. The molecule has 0 aliphatic carbocycles. The molecule has 1 unspecified atom stereocenters. The predicted octanol–water partition coefficient (Wildman–Crippen LogP) is 3.30. The van der Waals surface area contributed by atoms with Crippen LogP contribution in [0.1, 0.15) is 24.4 Å². The van der Waals surface area contributed by atoms with Gasteiger partial charge in [-0.05, 0) is 31.5 Å². The minimum absolute atomic E-state index is 0.149. The van der Waals surface area contributed by atoms with Gasteiger partial charge in [-0.3, -0.25) is 0 Å². The summed E-state index contributed by atoms with van der Waals surface area (Å²) in [7, 11) is 0. The minimum atomic E-state index is 0.149. The average molecular weight is 307 g/mol. The molecule has 18 heavy (non-hydrogen) atoms. The van der Waals surface area contributed by atoms with Gasteiger partial charge >= 0.3 is 0 Å². The van der Waals surface area contributed by atoms with Crippen LogP contribution in [0.4, 0.5) is 11.6 Å². The number of anilines is 2. The van der Waals surface area contributed by atoms with Gasteiger partial charge in [-0.2, -0.15) is 0 Å². The van der Waals surface area contributed by atoms with Gasteiger partial charge in [0, 0.05) is 16.6 Å². The fourth-order valence-electron chi connectivity index (χ4n) is 1.75. The first-order valence-corrected chi connectivity index (χ1v) is 6.47. The number of aryl methyl sites for hydroxylation is 1. The molecule has 0 saturated carbocycles. The maximum atomic E-state index is 5.70. The van der Waals surface area contributed by atoms with Crippen LogP contribution in [0.15, 0.2) is 34.8 Å². The molecule has 0 aliphatic heterocycles. The lowest BCUT2D eigenvalue weighted by Crippen LogP contribution is -2.09. The van der Waals surface area contributed by atoms with Crippen molar-refractivity contribution in [3.05, 3.63) is 46.2 Å². The summed E-state index contributed by atoms with van der Waals surface area (Å²) in [6, 6.07) is 10.0. The first kappa shape index (κ1) is 12.8. The van der Waals surface area contributed by atoms with Crippen LogP contribution >= 0.6 is 15.9 Å². The van der Waals surface area contributed by atoms with Gasteiger partial charge in [0.1, 0.15) is 17.5 Å². The number of hydrogen-bond donors (Lipinski definition) is 2. The molecule has 5 heteroatoms. The molecular weight excluding hydrogens is 292 g/mol. The second-order valence-electron chi connectivity index (χ2n) is 4.15. The van der Waals surface area contributed by atoms with Crippen LogP contribution in [0.5, 0.6) is 0 Å². The molecule has 4 nitrogen and oxygen atoms in total. The summed E-state index contributed by atoms with van der Waals surface area (Å²) >= 11 is 3.47. The molecule has 3 N–H and O–H groups in total. The summed E-state index contributed by atoms with van der Waals surface area (Å²) in [5, 5.41) is 3.32. The Bertz CT molecular complexity index is 536. The van der Waals surface area contributed by atoms with Crippen molar-refractivity contribution in [2.75, 3.05) is 11.1 Å². The highest BCUT2D eigenvalue weighted by Crippen LogP contribution is 2.21. The van der Waals surface area contributed by atoms with Gasteiger partial charge in [0.25, 0.3) is 0 Å². The van der Waals surface area contributed by atoms with Crippen molar-refractivity contribution in [2.45, 2.75) is 19.9 Å².